The van der Waals surface area contributed by atoms with Gasteiger partial charge in [0.15, 0.2) is 0 Å². The summed E-state index contributed by atoms with van der Waals surface area (Å²) in [6.45, 7) is 7.92. The Bertz CT molecular complexity index is 967. The highest BCUT2D eigenvalue weighted by Crippen LogP contribution is 2.36. The number of aryl methyl sites for hydroxylation is 1. The largest absolute Gasteiger partial charge is 0.496 e. The summed E-state index contributed by atoms with van der Waals surface area (Å²) in [5.41, 5.74) is 0.388. The zero-order valence-electron chi connectivity index (χ0n) is 17.9. The van der Waals surface area contributed by atoms with Crippen LogP contribution in [0.3, 0.4) is 0 Å². The maximum Gasteiger partial charge on any atom is 0.496 e. The maximum atomic E-state index is 12.6. The number of pyridine rings is 2. The molecule has 0 saturated carbocycles. The van der Waals surface area contributed by atoms with E-state index in [4.69, 9.17) is 9.31 Å². The molecule has 1 saturated heterocycles. The minimum Gasteiger partial charge on any atom is -0.399 e. The maximum absolute atomic E-state index is 12.6. The number of aromatic nitrogens is 2. The Kier molecular flexibility index (Phi) is 5.31. The molecule has 8 nitrogen and oxygen atoms in total. The van der Waals surface area contributed by atoms with Gasteiger partial charge in [-0.2, -0.15) is 0 Å². The van der Waals surface area contributed by atoms with Gasteiger partial charge in [-0.15, -0.1) is 0 Å². The monoisotopic (exact) mass is 398 g/mol. The van der Waals surface area contributed by atoms with Crippen molar-refractivity contribution in [3.8, 4) is 0 Å². The summed E-state index contributed by atoms with van der Waals surface area (Å²) < 4.78 is 13.7. The molecule has 154 valence electrons. The number of anilines is 2. The molecule has 1 aliphatic heterocycles. The van der Waals surface area contributed by atoms with Crippen molar-refractivity contribution >= 4 is 30.0 Å². The van der Waals surface area contributed by atoms with Gasteiger partial charge >= 0.3 is 7.12 Å². The summed E-state index contributed by atoms with van der Waals surface area (Å²) in [5.74, 6) is 0.325. The summed E-state index contributed by atoms with van der Waals surface area (Å²) in [5, 5.41) is 3.03. The molecule has 0 bridgehead atoms. The predicted molar refractivity (Wildman–Crippen MR) is 113 cm³/mol. The molecule has 1 fully saturated rings. The molecule has 0 unspecified atom stereocenters. The molecule has 0 atom stereocenters. The first-order valence-corrected chi connectivity index (χ1v) is 9.42. The lowest BCUT2D eigenvalue weighted by atomic mass is 9.80. The zero-order valence-corrected chi connectivity index (χ0v) is 17.9. The topological polar surface area (TPSA) is 85.7 Å². The van der Waals surface area contributed by atoms with E-state index in [9.17, 15) is 9.59 Å². The Labute approximate surface area is 171 Å². The van der Waals surface area contributed by atoms with Crippen LogP contribution in [-0.2, 0) is 16.4 Å². The first kappa shape index (κ1) is 21.1. The Morgan fingerprint density at radius 1 is 1.17 bits per heavy atom. The van der Waals surface area contributed by atoms with Crippen molar-refractivity contribution in [1.29, 1.82) is 0 Å². The summed E-state index contributed by atoms with van der Waals surface area (Å²) in [6, 6.07) is 5.04. The molecule has 0 spiro atoms. The molecule has 1 N–H and O–H groups in total. The quantitative estimate of drug-likeness (QED) is 0.787. The van der Waals surface area contributed by atoms with Gasteiger partial charge in [0.2, 0.25) is 0 Å². The molecule has 0 aliphatic carbocycles. The van der Waals surface area contributed by atoms with Gasteiger partial charge in [-0.25, -0.2) is 4.98 Å². The van der Waals surface area contributed by atoms with Gasteiger partial charge in [0, 0.05) is 39.0 Å². The van der Waals surface area contributed by atoms with Gasteiger partial charge in [-0.05, 0) is 45.9 Å². The van der Waals surface area contributed by atoms with E-state index in [1.807, 2.05) is 27.7 Å². The minimum atomic E-state index is -0.583. The van der Waals surface area contributed by atoms with Crippen molar-refractivity contribution in [2.75, 3.05) is 19.4 Å². The van der Waals surface area contributed by atoms with E-state index in [1.54, 1.807) is 45.5 Å². The number of nitrogens with one attached hydrogen (secondary N) is 1. The van der Waals surface area contributed by atoms with Crippen molar-refractivity contribution in [1.82, 2.24) is 14.5 Å². The van der Waals surface area contributed by atoms with Crippen LogP contribution >= 0.6 is 0 Å². The van der Waals surface area contributed by atoms with Gasteiger partial charge in [0.25, 0.3) is 11.5 Å². The first-order valence-electron chi connectivity index (χ1n) is 9.42. The first-order chi connectivity index (χ1) is 13.4. The second-order valence-corrected chi connectivity index (χ2v) is 8.45. The van der Waals surface area contributed by atoms with E-state index < -0.39 is 18.3 Å². The molecule has 2 aromatic heterocycles. The van der Waals surface area contributed by atoms with E-state index in [2.05, 4.69) is 10.3 Å². The second kappa shape index (κ2) is 7.31. The smallest absolute Gasteiger partial charge is 0.399 e. The van der Waals surface area contributed by atoms with E-state index in [0.717, 1.165) is 5.46 Å². The van der Waals surface area contributed by atoms with Crippen molar-refractivity contribution < 1.29 is 14.1 Å². The van der Waals surface area contributed by atoms with Crippen LogP contribution in [0.5, 0.6) is 0 Å². The molecule has 2 aromatic rings. The van der Waals surface area contributed by atoms with Gasteiger partial charge < -0.3 is 24.1 Å². The van der Waals surface area contributed by atoms with Crippen molar-refractivity contribution in [3.05, 3.63) is 46.5 Å². The van der Waals surface area contributed by atoms with Crippen LogP contribution in [0.2, 0.25) is 0 Å². The summed E-state index contributed by atoms with van der Waals surface area (Å²) in [4.78, 5) is 30.3. The van der Waals surface area contributed by atoms with Gasteiger partial charge in [-0.1, -0.05) is 0 Å². The van der Waals surface area contributed by atoms with Gasteiger partial charge in [-0.3, -0.25) is 9.59 Å². The fraction of sp³-hybridized carbons (Fsp3) is 0.450. The lowest BCUT2D eigenvalue weighted by Gasteiger charge is -2.32. The highest BCUT2D eigenvalue weighted by molar-refractivity contribution is 6.62. The average molecular weight is 398 g/mol. The third-order valence-corrected chi connectivity index (χ3v) is 5.41. The number of carbonyl (C=O) groups is 1. The SMILES string of the molecule is CN(C)C(=O)c1ccc(Nc2cc(B3OC(C)(C)C(C)(C)O3)cn(C)c2=O)nc1. The predicted octanol–water partition coefficient (Wildman–Crippen LogP) is 1.52. The Hall–Kier alpha value is -2.65. The Morgan fingerprint density at radius 2 is 1.79 bits per heavy atom. The average Bonchev–Trinajstić information content (AvgIpc) is 2.86. The van der Waals surface area contributed by atoms with Crippen LogP contribution in [0, 0.1) is 0 Å². The fourth-order valence-corrected chi connectivity index (χ4v) is 2.93. The molecule has 3 heterocycles. The van der Waals surface area contributed by atoms with Crippen LogP contribution in [0.25, 0.3) is 0 Å². The molecular formula is C20H27BN4O4. The van der Waals surface area contributed by atoms with Crippen molar-refractivity contribution in [3.63, 3.8) is 0 Å². The normalized spacial score (nSPS) is 17.3. The number of hydrogen-bond acceptors (Lipinski definition) is 6. The number of rotatable bonds is 4. The molecule has 3 rings (SSSR count). The highest BCUT2D eigenvalue weighted by Gasteiger charge is 2.51. The van der Waals surface area contributed by atoms with Crippen LogP contribution in [-0.4, -0.2) is 52.8 Å². The third-order valence-electron chi connectivity index (χ3n) is 5.41. The molecule has 1 amide bonds. The second-order valence-electron chi connectivity index (χ2n) is 8.45. The number of hydrogen-bond donors (Lipinski definition) is 1. The standard InChI is InChI=1S/C20H27BN4O4/c1-19(2)20(3,4)29-21(28-19)14-10-15(18(27)25(7)12-14)23-16-9-8-13(11-22-16)17(26)24(5)6/h8-12H,1-7H3,(H,22,23). The van der Waals surface area contributed by atoms with E-state index in [0.29, 0.717) is 17.1 Å². The summed E-state index contributed by atoms with van der Waals surface area (Å²) in [6.07, 6.45) is 3.19. The molecule has 0 aromatic carbocycles. The van der Waals surface area contributed by atoms with Gasteiger partial charge in [0.05, 0.1) is 16.8 Å². The van der Waals surface area contributed by atoms with E-state index >= 15 is 0 Å². The Balaban J connectivity index is 1.87. The number of carbonyl (C=O) groups excluding carboxylic acids is 1. The molecule has 1 aliphatic rings. The molecular weight excluding hydrogens is 371 g/mol. The molecule has 0 radical (unpaired) electrons. The van der Waals surface area contributed by atoms with Crippen molar-refractivity contribution in [2.24, 2.45) is 7.05 Å². The molecule has 29 heavy (non-hydrogen) atoms. The summed E-state index contributed by atoms with van der Waals surface area (Å²) >= 11 is 0. The lowest BCUT2D eigenvalue weighted by Crippen LogP contribution is -2.41. The van der Waals surface area contributed by atoms with E-state index in [1.165, 1.54) is 15.7 Å². The fourth-order valence-electron chi connectivity index (χ4n) is 2.93. The summed E-state index contributed by atoms with van der Waals surface area (Å²) in [7, 11) is 4.45. The molecule has 9 heteroatoms. The van der Waals surface area contributed by atoms with Crippen LogP contribution in [0.15, 0.2) is 35.4 Å². The zero-order chi connectivity index (χ0) is 21.6. The Morgan fingerprint density at radius 3 is 2.31 bits per heavy atom. The number of amides is 1. The van der Waals surface area contributed by atoms with Crippen LogP contribution in [0.1, 0.15) is 38.1 Å². The highest BCUT2D eigenvalue weighted by atomic mass is 16.7. The van der Waals surface area contributed by atoms with Crippen molar-refractivity contribution in [2.45, 2.75) is 38.9 Å². The van der Waals surface area contributed by atoms with Crippen LogP contribution in [0.4, 0.5) is 11.5 Å². The third kappa shape index (κ3) is 4.06. The lowest BCUT2D eigenvalue weighted by molar-refractivity contribution is 0.00578. The van der Waals surface area contributed by atoms with Crippen LogP contribution < -0.4 is 16.3 Å². The minimum absolute atomic E-state index is 0.136. The van der Waals surface area contributed by atoms with Gasteiger partial charge in [0.1, 0.15) is 11.5 Å². The van der Waals surface area contributed by atoms with E-state index in [-0.39, 0.29) is 11.5 Å². The number of nitrogens with zero attached hydrogens (tertiary/aromatic N) is 3.